The molecule has 0 bridgehead atoms. The predicted octanol–water partition coefficient (Wildman–Crippen LogP) is 1.80. The van der Waals surface area contributed by atoms with Crippen molar-refractivity contribution in [3.8, 4) is 0 Å². The van der Waals surface area contributed by atoms with Crippen molar-refractivity contribution in [2.24, 2.45) is 5.92 Å². The fourth-order valence-electron chi connectivity index (χ4n) is 2.56. The van der Waals surface area contributed by atoms with Gasteiger partial charge >= 0.3 is 29.6 Å². The van der Waals surface area contributed by atoms with Crippen LogP contribution in [-0.4, -0.2) is 19.6 Å². The van der Waals surface area contributed by atoms with Gasteiger partial charge in [-0.15, -0.1) is 0 Å². The van der Waals surface area contributed by atoms with Gasteiger partial charge in [-0.2, -0.15) is 0 Å². The van der Waals surface area contributed by atoms with E-state index in [-0.39, 0.29) is 42.1 Å². The van der Waals surface area contributed by atoms with Crippen LogP contribution in [0.5, 0.6) is 0 Å². The molecule has 0 aliphatic carbocycles. The minimum absolute atomic E-state index is 0. The van der Waals surface area contributed by atoms with Gasteiger partial charge in [-0.05, 0) is 18.8 Å². The first kappa shape index (κ1) is 25.1. The summed E-state index contributed by atoms with van der Waals surface area (Å²) in [6, 6.07) is 0. The SMILES string of the molecule is CCCCCCCCCC(CCCCC)COS(=O)(=O)[O-].[Na+]. The van der Waals surface area contributed by atoms with E-state index < -0.39 is 10.4 Å². The molecular formula is C16H33NaO4S. The van der Waals surface area contributed by atoms with E-state index in [9.17, 15) is 13.0 Å². The van der Waals surface area contributed by atoms with Gasteiger partial charge in [-0.3, -0.25) is 4.18 Å². The molecule has 0 saturated heterocycles. The molecule has 0 aromatic carbocycles. The molecule has 0 fully saturated rings. The molecule has 0 amide bonds. The van der Waals surface area contributed by atoms with Crippen LogP contribution in [0.2, 0.25) is 0 Å². The van der Waals surface area contributed by atoms with Crippen molar-refractivity contribution in [3.05, 3.63) is 0 Å². The Balaban J connectivity index is 0. The Kier molecular flexibility index (Phi) is 19.1. The Morgan fingerprint density at radius 3 is 1.73 bits per heavy atom. The van der Waals surface area contributed by atoms with Crippen molar-refractivity contribution in [1.29, 1.82) is 0 Å². The molecule has 0 rings (SSSR count). The number of unbranched alkanes of at least 4 members (excludes halogenated alkanes) is 8. The second-order valence-electron chi connectivity index (χ2n) is 5.96. The summed E-state index contributed by atoms with van der Waals surface area (Å²) >= 11 is 0. The van der Waals surface area contributed by atoms with Crippen molar-refractivity contribution < 1.29 is 46.7 Å². The van der Waals surface area contributed by atoms with Gasteiger partial charge < -0.3 is 4.55 Å². The Morgan fingerprint density at radius 1 is 0.818 bits per heavy atom. The van der Waals surface area contributed by atoms with E-state index in [1.54, 1.807) is 0 Å². The standard InChI is InChI=1S/C16H34O4S.Na/c1-3-5-7-8-9-10-12-14-16(13-11-6-4-2)15-20-21(17,18)19;/h16H,3-15H2,1-2H3,(H,17,18,19);/q;+1/p-1. The van der Waals surface area contributed by atoms with Crippen molar-refractivity contribution in [3.63, 3.8) is 0 Å². The second kappa shape index (κ2) is 16.7. The maximum absolute atomic E-state index is 10.6. The van der Waals surface area contributed by atoms with E-state index >= 15 is 0 Å². The Hall–Kier alpha value is 0.870. The fraction of sp³-hybridized carbons (Fsp3) is 1.00. The molecule has 0 aliphatic rings. The van der Waals surface area contributed by atoms with E-state index in [0.717, 1.165) is 38.5 Å². The monoisotopic (exact) mass is 344 g/mol. The van der Waals surface area contributed by atoms with E-state index in [4.69, 9.17) is 0 Å². The van der Waals surface area contributed by atoms with Crippen LogP contribution >= 0.6 is 0 Å². The molecule has 0 aliphatic heterocycles. The maximum atomic E-state index is 10.6. The summed E-state index contributed by atoms with van der Waals surface area (Å²) in [5, 5.41) is 0. The van der Waals surface area contributed by atoms with Gasteiger partial charge in [0.1, 0.15) is 0 Å². The molecule has 0 heterocycles. The van der Waals surface area contributed by atoms with Gasteiger partial charge in [0.2, 0.25) is 10.4 Å². The smallest absolute Gasteiger partial charge is 0.726 e. The average molecular weight is 344 g/mol. The molecule has 22 heavy (non-hydrogen) atoms. The first-order chi connectivity index (χ1) is 9.99. The number of hydrogen-bond donors (Lipinski definition) is 0. The van der Waals surface area contributed by atoms with Gasteiger partial charge in [-0.25, -0.2) is 8.42 Å². The van der Waals surface area contributed by atoms with Crippen LogP contribution in [0.1, 0.15) is 90.9 Å². The van der Waals surface area contributed by atoms with Crippen LogP contribution in [0, 0.1) is 5.92 Å². The molecule has 6 heteroatoms. The quantitative estimate of drug-likeness (QED) is 0.197. The second-order valence-corrected chi connectivity index (χ2v) is 7.02. The minimum atomic E-state index is -4.55. The van der Waals surface area contributed by atoms with Crippen LogP contribution in [0.4, 0.5) is 0 Å². The van der Waals surface area contributed by atoms with Crippen LogP contribution in [0.15, 0.2) is 0 Å². The minimum Gasteiger partial charge on any atom is -0.726 e. The predicted molar refractivity (Wildman–Crippen MR) is 85.9 cm³/mol. The van der Waals surface area contributed by atoms with Gasteiger partial charge in [-0.1, -0.05) is 78.1 Å². The summed E-state index contributed by atoms with van der Waals surface area (Å²) in [6.45, 7) is 4.42. The summed E-state index contributed by atoms with van der Waals surface area (Å²) in [4.78, 5) is 0. The first-order valence-corrected chi connectivity index (χ1v) is 9.93. The van der Waals surface area contributed by atoms with Crippen molar-refractivity contribution in [2.75, 3.05) is 6.61 Å². The molecule has 1 atom stereocenters. The Bertz CT molecular complexity index is 320. The molecule has 128 valence electrons. The molecule has 0 aromatic rings. The van der Waals surface area contributed by atoms with E-state index in [1.165, 1.54) is 38.5 Å². The van der Waals surface area contributed by atoms with Crippen molar-refractivity contribution in [1.82, 2.24) is 0 Å². The number of hydrogen-bond acceptors (Lipinski definition) is 4. The van der Waals surface area contributed by atoms with Crippen molar-refractivity contribution >= 4 is 10.4 Å². The zero-order valence-electron chi connectivity index (χ0n) is 14.8. The zero-order valence-corrected chi connectivity index (χ0v) is 17.6. The van der Waals surface area contributed by atoms with Crippen molar-refractivity contribution in [2.45, 2.75) is 90.9 Å². The molecule has 4 nitrogen and oxygen atoms in total. The van der Waals surface area contributed by atoms with Gasteiger partial charge in [0, 0.05) is 0 Å². The fourth-order valence-corrected chi connectivity index (χ4v) is 2.92. The molecule has 0 saturated carbocycles. The molecule has 0 radical (unpaired) electrons. The largest absolute Gasteiger partial charge is 1.00 e. The Labute approximate surface area is 160 Å². The van der Waals surface area contributed by atoms with E-state index in [1.807, 2.05) is 0 Å². The summed E-state index contributed by atoms with van der Waals surface area (Å²) in [6.07, 6.45) is 14.0. The van der Waals surface area contributed by atoms with Gasteiger partial charge in [0.05, 0.1) is 6.61 Å². The normalized spacial score (nSPS) is 12.9. The van der Waals surface area contributed by atoms with Crippen LogP contribution < -0.4 is 29.6 Å². The summed E-state index contributed by atoms with van der Waals surface area (Å²) < 4.78 is 36.1. The van der Waals surface area contributed by atoms with Gasteiger partial charge in [0.15, 0.2) is 0 Å². The third kappa shape index (κ3) is 18.9. The molecule has 0 spiro atoms. The third-order valence-electron chi connectivity index (χ3n) is 3.88. The first-order valence-electron chi connectivity index (χ1n) is 8.59. The van der Waals surface area contributed by atoms with Crippen LogP contribution in [-0.2, 0) is 14.6 Å². The third-order valence-corrected chi connectivity index (χ3v) is 4.30. The summed E-state index contributed by atoms with van der Waals surface area (Å²) in [5.74, 6) is 0.205. The zero-order chi connectivity index (χ0) is 16.0. The molecule has 0 N–H and O–H groups in total. The Morgan fingerprint density at radius 2 is 1.23 bits per heavy atom. The average Bonchev–Trinajstić information content (AvgIpc) is 2.42. The molecular weight excluding hydrogens is 311 g/mol. The van der Waals surface area contributed by atoms with E-state index in [2.05, 4.69) is 18.0 Å². The van der Waals surface area contributed by atoms with Crippen LogP contribution in [0.25, 0.3) is 0 Å². The summed E-state index contributed by atoms with van der Waals surface area (Å²) in [5.41, 5.74) is 0. The number of rotatable bonds is 15. The van der Waals surface area contributed by atoms with Crippen LogP contribution in [0.3, 0.4) is 0 Å². The van der Waals surface area contributed by atoms with Gasteiger partial charge in [0.25, 0.3) is 0 Å². The maximum Gasteiger partial charge on any atom is 1.00 e. The molecule has 1 unspecified atom stereocenters. The topological polar surface area (TPSA) is 66.4 Å². The van der Waals surface area contributed by atoms with E-state index in [0.29, 0.717) is 0 Å². The molecule has 0 aromatic heterocycles. The summed E-state index contributed by atoms with van der Waals surface area (Å²) in [7, 11) is -4.55.